The predicted octanol–water partition coefficient (Wildman–Crippen LogP) is 1.92. The average molecular weight is 298 g/mol. The maximum absolute atomic E-state index is 11.9. The first kappa shape index (κ1) is 13.3. The van der Waals surface area contributed by atoms with Crippen LogP contribution in [0.15, 0.2) is 42.5 Å². The van der Waals surface area contributed by atoms with Crippen molar-refractivity contribution in [1.82, 2.24) is 20.6 Å². The van der Waals surface area contributed by atoms with Gasteiger partial charge in [0.2, 0.25) is 11.6 Å². The summed E-state index contributed by atoms with van der Waals surface area (Å²) in [6, 6.07) is 13.7. The number of carbonyl (C=O) groups is 2. The molecule has 2 aromatic heterocycles. The van der Waals surface area contributed by atoms with Crippen molar-refractivity contribution in [3.8, 4) is 10.4 Å². The molecule has 6 nitrogen and oxygen atoms in total. The number of aromatic nitrogens is 4. The Labute approximate surface area is 123 Å². The molecule has 0 aliphatic rings. The molecule has 1 aromatic carbocycles. The first-order chi connectivity index (χ1) is 10.2. The maximum atomic E-state index is 11.9. The third kappa shape index (κ3) is 2.92. The van der Waals surface area contributed by atoms with E-state index >= 15 is 0 Å². The number of Topliss-reactive ketones (excluding diaryl/α,β-unsaturated/α-hetero) is 2. The Balaban J connectivity index is 1.73. The van der Waals surface area contributed by atoms with Crippen molar-refractivity contribution in [1.29, 1.82) is 0 Å². The molecule has 1 N–H and O–H groups in total. The Kier molecular flexibility index (Phi) is 3.65. The van der Waals surface area contributed by atoms with Gasteiger partial charge in [-0.05, 0) is 22.9 Å². The molecule has 0 amide bonds. The normalized spacial score (nSPS) is 10.5. The van der Waals surface area contributed by atoms with Crippen LogP contribution in [-0.4, -0.2) is 32.2 Å². The van der Waals surface area contributed by atoms with Gasteiger partial charge in [0.15, 0.2) is 0 Å². The molecule has 0 saturated heterocycles. The summed E-state index contributed by atoms with van der Waals surface area (Å²) in [5.41, 5.74) is 1.09. The molecule has 0 aliphatic carbocycles. The first-order valence-electron chi connectivity index (χ1n) is 6.19. The fourth-order valence-corrected chi connectivity index (χ4v) is 2.86. The molecule has 0 bridgehead atoms. The number of hydrogen-bond acceptors (Lipinski definition) is 6. The number of hydrogen-bond donors (Lipinski definition) is 1. The van der Waals surface area contributed by atoms with Gasteiger partial charge in [-0.3, -0.25) is 9.59 Å². The molecule has 0 atom stereocenters. The maximum Gasteiger partial charge on any atom is 0.269 e. The van der Waals surface area contributed by atoms with Crippen LogP contribution in [0.1, 0.15) is 15.5 Å². The largest absolute Gasteiger partial charge is 0.290 e. The van der Waals surface area contributed by atoms with E-state index in [0.29, 0.717) is 0 Å². The van der Waals surface area contributed by atoms with E-state index in [0.717, 1.165) is 15.3 Å². The van der Waals surface area contributed by atoms with E-state index < -0.39 is 11.6 Å². The van der Waals surface area contributed by atoms with E-state index in [1.54, 1.807) is 0 Å². The predicted molar refractivity (Wildman–Crippen MR) is 77.0 cm³/mol. The zero-order valence-corrected chi connectivity index (χ0v) is 11.6. The Morgan fingerprint density at radius 3 is 2.62 bits per heavy atom. The molecule has 3 rings (SSSR count). The lowest BCUT2D eigenvalue weighted by Gasteiger charge is -1.96. The summed E-state index contributed by atoms with van der Waals surface area (Å²) < 4.78 is 0. The van der Waals surface area contributed by atoms with Crippen LogP contribution in [0, 0.1) is 0 Å². The van der Waals surface area contributed by atoms with Gasteiger partial charge in [-0.2, -0.15) is 5.21 Å². The molecular weight excluding hydrogens is 288 g/mol. The third-order valence-corrected chi connectivity index (χ3v) is 3.99. The number of nitrogens with one attached hydrogen (secondary N) is 1. The lowest BCUT2D eigenvalue weighted by Crippen LogP contribution is -2.17. The summed E-state index contributed by atoms with van der Waals surface area (Å²) in [5, 5.41) is 12.5. The molecule has 0 saturated carbocycles. The van der Waals surface area contributed by atoms with Crippen molar-refractivity contribution in [2.45, 2.75) is 6.42 Å². The Hall–Kier alpha value is -2.67. The minimum atomic E-state index is -0.724. The Bertz CT molecular complexity index is 765. The number of H-pyrrole nitrogens is 1. The Morgan fingerprint density at radius 1 is 1.10 bits per heavy atom. The number of benzene rings is 1. The van der Waals surface area contributed by atoms with Gasteiger partial charge in [-0.15, -0.1) is 21.5 Å². The number of tetrazole rings is 1. The van der Waals surface area contributed by atoms with Crippen LogP contribution < -0.4 is 0 Å². The second-order valence-electron chi connectivity index (χ2n) is 4.30. The molecule has 0 radical (unpaired) electrons. The van der Waals surface area contributed by atoms with E-state index in [1.807, 2.05) is 42.5 Å². The number of ketones is 2. The summed E-state index contributed by atoms with van der Waals surface area (Å²) >= 11 is 1.49. The molecule has 21 heavy (non-hydrogen) atoms. The van der Waals surface area contributed by atoms with Crippen molar-refractivity contribution in [3.63, 3.8) is 0 Å². The van der Waals surface area contributed by atoms with Crippen LogP contribution in [0.5, 0.6) is 0 Å². The quantitative estimate of drug-likeness (QED) is 0.574. The molecule has 3 aromatic rings. The van der Waals surface area contributed by atoms with Crippen LogP contribution >= 0.6 is 11.3 Å². The summed E-state index contributed by atoms with van der Waals surface area (Å²) in [4.78, 5) is 25.5. The van der Waals surface area contributed by atoms with Crippen LogP contribution in [0.25, 0.3) is 10.4 Å². The average Bonchev–Trinajstić information content (AvgIpc) is 3.19. The highest BCUT2D eigenvalue weighted by molar-refractivity contribution is 7.15. The summed E-state index contributed by atoms with van der Waals surface area (Å²) in [6.07, 6.45) is 0.0465. The minimum Gasteiger partial charge on any atom is -0.290 e. The highest BCUT2D eigenvalue weighted by Gasteiger charge is 2.21. The number of rotatable bonds is 5. The van der Waals surface area contributed by atoms with Crippen molar-refractivity contribution < 1.29 is 9.59 Å². The number of nitrogens with zero attached hydrogens (tertiary/aromatic N) is 3. The van der Waals surface area contributed by atoms with Crippen molar-refractivity contribution in [2.75, 3.05) is 0 Å². The molecule has 0 spiro atoms. The topological polar surface area (TPSA) is 88.6 Å². The monoisotopic (exact) mass is 298 g/mol. The lowest BCUT2D eigenvalue weighted by molar-refractivity contribution is -0.114. The van der Waals surface area contributed by atoms with Gasteiger partial charge in [-0.25, -0.2) is 0 Å². The summed E-state index contributed by atoms with van der Waals surface area (Å²) in [6.45, 7) is 0. The van der Waals surface area contributed by atoms with E-state index in [-0.39, 0.29) is 12.2 Å². The van der Waals surface area contributed by atoms with Crippen molar-refractivity contribution in [2.24, 2.45) is 0 Å². The van der Waals surface area contributed by atoms with E-state index in [9.17, 15) is 9.59 Å². The van der Waals surface area contributed by atoms with Gasteiger partial charge in [0, 0.05) is 16.2 Å². The zero-order valence-electron chi connectivity index (χ0n) is 10.8. The third-order valence-electron chi connectivity index (χ3n) is 2.86. The lowest BCUT2D eigenvalue weighted by atomic mass is 10.1. The van der Waals surface area contributed by atoms with E-state index in [1.165, 1.54) is 11.3 Å². The van der Waals surface area contributed by atoms with Gasteiger partial charge in [-0.1, -0.05) is 30.3 Å². The molecular formula is C14H10N4O2S. The van der Waals surface area contributed by atoms with Crippen LogP contribution in [-0.2, 0) is 11.2 Å². The van der Waals surface area contributed by atoms with Gasteiger partial charge >= 0.3 is 0 Å². The Morgan fingerprint density at radius 2 is 1.90 bits per heavy atom. The minimum absolute atomic E-state index is 0.0465. The molecule has 0 fully saturated rings. The molecule has 0 aliphatic heterocycles. The molecule has 2 heterocycles. The standard InChI is InChI=1S/C14H10N4O2S/c19-11(13(20)14-15-17-18-16-14)8-10-6-7-12(21-10)9-4-2-1-3-5-9/h1-7H,8H2,(H,15,16,17,18). The van der Waals surface area contributed by atoms with Crippen molar-refractivity contribution >= 4 is 22.9 Å². The van der Waals surface area contributed by atoms with E-state index in [2.05, 4.69) is 20.6 Å². The highest BCUT2D eigenvalue weighted by Crippen LogP contribution is 2.28. The second kappa shape index (κ2) is 5.76. The smallest absolute Gasteiger partial charge is 0.269 e. The summed E-state index contributed by atoms with van der Waals surface area (Å²) in [5.74, 6) is -1.46. The molecule has 104 valence electrons. The number of thiophene rings is 1. The number of aromatic amines is 1. The molecule has 7 heteroatoms. The van der Waals surface area contributed by atoms with Gasteiger partial charge < -0.3 is 0 Å². The van der Waals surface area contributed by atoms with Gasteiger partial charge in [0.1, 0.15) is 0 Å². The van der Waals surface area contributed by atoms with Crippen LogP contribution in [0.3, 0.4) is 0 Å². The van der Waals surface area contributed by atoms with Gasteiger partial charge in [0.25, 0.3) is 5.78 Å². The fraction of sp³-hybridized carbons (Fsp3) is 0.0714. The first-order valence-corrected chi connectivity index (χ1v) is 7.01. The van der Waals surface area contributed by atoms with E-state index in [4.69, 9.17) is 0 Å². The van der Waals surface area contributed by atoms with Crippen LogP contribution in [0.4, 0.5) is 0 Å². The summed E-state index contributed by atoms with van der Waals surface area (Å²) in [7, 11) is 0. The van der Waals surface area contributed by atoms with Crippen LogP contribution in [0.2, 0.25) is 0 Å². The second-order valence-corrected chi connectivity index (χ2v) is 5.46. The number of carbonyl (C=O) groups excluding carboxylic acids is 2. The SMILES string of the molecule is O=C(Cc1ccc(-c2ccccc2)s1)C(=O)c1nn[nH]n1. The fourth-order valence-electron chi connectivity index (χ4n) is 1.85. The zero-order chi connectivity index (χ0) is 14.7. The molecule has 0 unspecified atom stereocenters. The van der Waals surface area contributed by atoms with Crippen molar-refractivity contribution in [3.05, 3.63) is 53.2 Å². The highest BCUT2D eigenvalue weighted by atomic mass is 32.1. The van der Waals surface area contributed by atoms with Gasteiger partial charge in [0.05, 0.1) is 0 Å².